The number of carbonyl (C=O) groups excluding carboxylic acids is 1. The molecule has 0 bridgehead atoms. The molecule has 98 valence electrons. The van der Waals surface area contributed by atoms with Crippen molar-refractivity contribution in [3.8, 4) is 0 Å². The lowest BCUT2D eigenvalue weighted by atomic mass is 9.89. The van der Waals surface area contributed by atoms with Crippen LogP contribution in [0.4, 0.5) is 0 Å². The van der Waals surface area contributed by atoms with E-state index in [1.54, 1.807) is 0 Å². The minimum absolute atomic E-state index is 0.0528. The number of nitrogens with one attached hydrogen (secondary N) is 1. The highest BCUT2D eigenvalue weighted by atomic mass is 79.9. The van der Waals surface area contributed by atoms with Gasteiger partial charge in [0.2, 0.25) is 5.91 Å². The molecule has 0 spiro atoms. The van der Waals surface area contributed by atoms with Crippen molar-refractivity contribution in [3.63, 3.8) is 0 Å². The lowest BCUT2D eigenvalue weighted by Crippen LogP contribution is -2.52. The van der Waals surface area contributed by atoms with Gasteiger partial charge in [-0.2, -0.15) is 0 Å². The second-order valence-corrected chi connectivity index (χ2v) is 6.11. The highest BCUT2D eigenvalue weighted by Gasteiger charge is 2.39. The summed E-state index contributed by atoms with van der Waals surface area (Å²) < 4.78 is 0. The van der Waals surface area contributed by atoms with Gasteiger partial charge in [-0.05, 0) is 33.2 Å². The first-order chi connectivity index (χ1) is 9.75. The number of halogens is 1. The molecule has 2 atom stereocenters. The smallest absolute Gasteiger partial charge is 0.236 e. The van der Waals surface area contributed by atoms with Gasteiger partial charge in [0.25, 0.3) is 0 Å². The summed E-state index contributed by atoms with van der Waals surface area (Å²) in [5.74, 6) is 0.0623. The third-order valence-electron chi connectivity index (χ3n) is 3.98. The molecule has 3 aromatic carbocycles. The van der Waals surface area contributed by atoms with Crippen LogP contribution in [0.1, 0.15) is 11.6 Å². The van der Waals surface area contributed by atoms with E-state index in [0.29, 0.717) is 0 Å². The van der Waals surface area contributed by atoms with Gasteiger partial charge in [-0.3, -0.25) is 4.79 Å². The standard InChI is InChI=1S/C17H12BrNO/c18-15-16(19-17(15)20)14-9-10-5-1-2-6-11(10)12-7-3-4-8-13(12)14/h1-9,15-16H,(H,19,20). The van der Waals surface area contributed by atoms with E-state index in [1.807, 2.05) is 12.1 Å². The van der Waals surface area contributed by atoms with Crippen LogP contribution in [0, 0.1) is 0 Å². The minimum Gasteiger partial charge on any atom is -0.347 e. The molecule has 2 nitrogen and oxygen atoms in total. The molecular weight excluding hydrogens is 314 g/mol. The molecule has 1 aliphatic heterocycles. The maximum Gasteiger partial charge on any atom is 0.236 e. The third kappa shape index (κ3) is 1.59. The number of alkyl halides is 1. The Labute approximate surface area is 124 Å². The number of hydrogen-bond donors (Lipinski definition) is 1. The van der Waals surface area contributed by atoms with Crippen LogP contribution in [0.25, 0.3) is 21.5 Å². The van der Waals surface area contributed by atoms with Crippen LogP contribution in [-0.2, 0) is 4.79 Å². The predicted octanol–water partition coefficient (Wildman–Crippen LogP) is 3.93. The van der Waals surface area contributed by atoms with Crippen LogP contribution >= 0.6 is 15.9 Å². The second-order valence-electron chi connectivity index (χ2n) is 5.12. The Bertz CT molecular complexity index is 843. The molecule has 1 aliphatic rings. The first kappa shape index (κ1) is 11.9. The van der Waals surface area contributed by atoms with E-state index in [4.69, 9.17) is 0 Å². The van der Waals surface area contributed by atoms with Crippen molar-refractivity contribution in [2.45, 2.75) is 10.9 Å². The molecule has 0 saturated carbocycles. The van der Waals surface area contributed by atoms with E-state index < -0.39 is 0 Å². The van der Waals surface area contributed by atoms with Crippen LogP contribution in [0.5, 0.6) is 0 Å². The molecule has 0 aromatic heterocycles. The topological polar surface area (TPSA) is 29.1 Å². The van der Waals surface area contributed by atoms with Crippen LogP contribution in [-0.4, -0.2) is 10.7 Å². The molecule has 3 heteroatoms. The van der Waals surface area contributed by atoms with E-state index in [0.717, 1.165) is 0 Å². The Morgan fingerprint density at radius 2 is 1.55 bits per heavy atom. The van der Waals surface area contributed by atoms with Crippen molar-refractivity contribution in [2.24, 2.45) is 0 Å². The van der Waals surface area contributed by atoms with E-state index in [2.05, 4.69) is 63.7 Å². The Hall–Kier alpha value is -1.87. The van der Waals surface area contributed by atoms with Gasteiger partial charge in [-0.1, -0.05) is 64.5 Å². The number of rotatable bonds is 1. The van der Waals surface area contributed by atoms with Gasteiger partial charge in [0, 0.05) is 0 Å². The molecule has 1 amide bonds. The number of benzene rings is 3. The lowest BCUT2D eigenvalue weighted by Gasteiger charge is -2.34. The Morgan fingerprint density at radius 3 is 2.25 bits per heavy atom. The maximum atomic E-state index is 11.5. The van der Waals surface area contributed by atoms with Gasteiger partial charge in [0.05, 0.1) is 6.04 Å². The Morgan fingerprint density at radius 1 is 0.900 bits per heavy atom. The molecule has 1 heterocycles. The molecule has 1 N–H and O–H groups in total. The van der Waals surface area contributed by atoms with Gasteiger partial charge in [0.1, 0.15) is 4.83 Å². The summed E-state index contributed by atoms with van der Waals surface area (Å²) in [5, 5.41) is 7.89. The van der Waals surface area contributed by atoms with Gasteiger partial charge < -0.3 is 5.32 Å². The van der Waals surface area contributed by atoms with Gasteiger partial charge in [-0.25, -0.2) is 0 Å². The van der Waals surface area contributed by atoms with Gasteiger partial charge >= 0.3 is 0 Å². The van der Waals surface area contributed by atoms with Crippen molar-refractivity contribution in [1.82, 2.24) is 5.32 Å². The molecular formula is C17H12BrNO. The molecule has 20 heavy (non-hydrogen) atoms. The number of amides is 1. The van der Waals surface area contributed by atoms with Crippen molar-refractivity contribution in [3.05, 3.63) is 60.2 Å². The molecule has 0 radical (unpaired) electrons. The molecule has 1 saturated heterocycles. The highest BCUT2D eigenvalue weighted by Crippen LogP contribution is 2.37. The molecule has 1 fully saturated rings. The Kier molecular flexibility index (Phi) is 2.57. The van der Waals surface area contributed by atoms with Crippen LogP contribution in [0.15, 0.2) is 54.6 Å². The first-order valence-corrected chi connectivity index (χ1v) is 7.52. The number of fused-ring (bicyclic) bond motifs is 3. The SMILES string of the molecule is O=C1NC(c2cc3ccccc3c3ccccc23)C1Br. The van der Waals surface area contributed by atoms with E-state index in [1.165, 1.54) is 27.1 Å². The normalized spacial score (nSPS) is 21.8. The maximum absolute atomic E-state index is 11.5. The predicted molar refractivity (Wildman–Crippen MR) is 85.1 cm³/mol. The van der Waals surface area contributed by atoms with Crippen molar-refractivity contribution >= 4 is 43.4 Å². The lowest BCUT2D eigenvalue weighted by molar-refractivity contribution is -0.127. The average Bonchev–Trinajstić information content (AvgIpc) is 2.51. The van der Waals surface area contributed by atoms with Crippen LogP contribution in [0.3, 0.4) is 0 Å². The van der Waals surface area contributed by atoms with Crippen molar-refractivity contribution in [1.29, 1.82) is 0 Å². The largest absolute Gasteiger partial charge is 0.347 e. The summed E-state index contributed by atoms with van der Waals surface area (Å²) in [6.45, 7) is 0. The zero-order chi connectivity index (χ0) is 13.7. The fourth-order valence-electron chi connectivity index (χ4n) is 2.94. The van der Waals surface area contributed by atoms with Gasteiger partial charge in [0.15, 0.2) is 0 Å². The molecule has 0 aliphatic carbocycles. The number of hydrogen-bond acceptors (Lipinski definition) is 1. The monoisotopic (exact) mass is 325 g/mol. The first-order valence-electron chi connectivity index (χ1n) is 6.60. The fourth-order valence-corrected chi connectivity index (χ4v) is 3.49. The zero-order valence-electron chi connectivity index (χ0n) is 10.6. The fraction of sp³-hybridized carbons (Fsp3) is 0.118. The summed E-state index contributed by atoms with van der Waals surface area (Å²) in [6, 6.07) is 19.0. The van der Waals surface area contributed by atoms with E-state index in [-0.39, 0.29) is 16.8 Å². The molecule has 2 unspecified atom stereocenters. The van der Waals surface area contributed by atoms with Crippen molar-refractivity contribution < 1.29 is 4.79 Å². The van der Waals surface area contributed by atoms with Crippen LogP contribution < -0.4 is 5.32 Å². The number of β-lactam (4-membered cyclic amide) rings is 1. The summed E-state index contributed by atoms with van der Waals surface area (Å²) in [7, 11) is 0. The summed E-state index contributed by atoms with van der Waals surface area (Å²) in [6.07, 6.45) is 0. The number of carbonyl (C=O) groups is 1. The quantitative estimate of drug-likeness (QED) is 0.410. The molecule has 4 rings (SSSR count). The third-order valence-corrected chi connectivity index (χ3v) is 4.92. The van der Waals surface area contributed by atoms with E-state index >= 15 is 0 Å². The minimum atomic E-state index is -0.132. The Balaban J connectivity index is 2.06. The van der Waals surface area contributed by atoms with E-state index in [9.17, 15) is 4.79 Å². The van der Waals surface area contributed by atoms with Crippen molar-refractivity contribution in [2.75, 3.05) is 0 Å². The highest BCUT2D eigenvalue weighted by molar-refractivity contribution is 9.10. The summed E-state index contributed by atoms with van der Waals surface area (Å²) >= 11 is 3.47. The van der Waals surface area contributed by atoms with Gasteiger partial charge in [-0.15, -0.1) is 0 Å². The zero-order valence-corrected chi connectivity index (χ0v) is 12.2. The summed E-state index contributed by atoms with van der Waals surface area (Å²) in [4.78, 5) is 11.3. The summed E-state index contributed by atoms with van der Waals surface area (Å²) in [5.41, 5.74) is 1.18. The second kappa shape index (κ2) is 4.32. The average molecular weight is 326 g/mol. The molecule has 3 aromatic rings. The van der Waals surface area contributed by atoms with Crippen LogP contribution in [0.2, 0.25) is 0 Å².